The van der Waals surface area contributed by atoms with Crippen LogP contribution in [-0.4, -0.2) is 79.6 Å². The highest BCUT2D eigenvalue weighted by molar-refractivity contribution is 5.80. The van der Waals surface area contributed by atoms with Crippen LogP contribution in [0.4, 0.5) is 0 Å². The van der Waals surface area contributed by atoms with E-state index in [1.807, 2.05) is 18.2 Å². The first-order valence-corrected chi connectivity index (χ1v) is 10.8. The number of rotatable bonds is 8. The maximum Gasteiger partial charge on any atom is 0.234 e. The average Bonchev–Trinajstić information content (AvgIpc) is 3.51. The number of hydrogen-bond acceptors (Lipinski definition) is 4. The van der Waals surface area contributed by atoms with Gasteiger partial charge >= 0.3 is 0 Å². The van der Waals surface area contributed by atoms with E-state index in [-0.39, 0.29) is 12.0 Å². The molecule has 1 aliphatic carbocycles. The molecule has 1 aliphatic heterocycles. The molecule has 1 aromatic carbocycles. The van der Waals surface area contributed by atoms with Crippen molar-refractivity contribution in [2.24, 2.45) is 4.99 Å². The fourth-order valence-corrected chi connectivity index (χ4v) is 3.41. The Morgan fingerprint density at radius 3 is 2.62 bits per heavy atom. The lowest BCUT2D eigenvalue weighted by Gasteiger charge is -2.36. The molecule has 1 amide bonds. The molecule has 1 saturated carbocycles. The highest BCUT2D eigenvalue weighted by atomic mass is 16.5. The third kappa shape index (κ3) is 6.92. The summed E-state index contributed by atoms with van der Waals surface area (Å²) in [4.78, 5) is 21.3. The molecular formula is C22H35N5O2. The highest BCUT2D eigenvalue weighted by Gasteiger charge is 2.26. The van der Waals surface area contributed by atoms with Gasteiger partial charge in [-0.3, -0.25) is 9.69 Å². The van der Waals surface area contributed by atoms with Crippen LogP contribution in [0.3, 0.4) is 0 Å². The summed E-state index contributed by atoms with van der Waals surface area (Å²) in [7, 11) is 0. The van der Waals surface area contributed by atoms with E-state index >= 15 is 0 Å². The lowest BCUT2D eigenvalue weighted by Crippen LogP contribution is -2.54. The van der Waals surface area contributed by atoms with E-state index < -0.39 is 0 Å². The second kappa shape index (κ2) is 10.5. The normalized spacial score (nSPS) is 19.0. The van der Waals surface area contributed by atoms with Crippen molar-refractivity contribution in [3.05, 3.63) is 29.8 Å². The topological polar surface area (TPSA) is 69.2 Å². The SMILES string of the molecule is CCNC(=NCC(C)Oc1ccccc1C)N1CCN(CC(=O)NC2CC2)CC1. The van der Waals surface area contributed by atoms with Crippen molar-refractivity contribution in [3.8, 4) is 5.75 Å². The van der Waals surface area contributed by atoms with Gasteiger partial charge in [-0.25, -0.2) is 4.99 Å². The molecule has 0 radical (unpaired) electrons. The van der Waals surface area contributed by atoms with Crippen molar-refractivity contribution in [2.45, 2.75) is 45.8 Å². The molecule has 2 fully saturated rings. The summed E-state index contributed by atoms with van der Waals surface area (Å²) in [6.07, 6.45) is 2.26. The van der Waals surface area contributed by atoms with Crippen molar-refractivity contribution in [1.29, 1.82) is 0 Å². The van der Waals surface area contributed by atoms with E-state index in [4.69, 9.17) is 9.73 Å². The summed E-state index contributed by atoms with van der Waals surface area (Å²) in [5.74, 6) is 2.00. The molecule has 7 nitrogen and oxygen atoms in total. The molecule has 1 heterocycles. The Morgan fingerprint density at radius 2 is 1.97 bits per heavy atom. The zero-order valence-electron chi connectivity index (χ0n) is 18.0. The molecule has 7 heteroatoms. The maximum atomic E-state index is 12.0. The number of aliphatic imine (C=N–C) groups is 1. The molecule has 1 atom stereocenters. The quantitative estimate of drug-likeness (QED) is 0.512. The standard InChI is InChI=1S/C22H35N5O2/c1-4-23-22(24-15-18(3)29-20-8-6-5-7-17(20)2)27-13-11-26(12-14-27)16-21(28)25-19-9-10-19/h5-8,18-19H,4,9-16H2,1-3H3,(H,23,24)(H,25,28). The van der Waals surface area contributed by atoms with Crippen molar-refractivity contribution in [1.82, 2.24) is 20.4 Å². The predicted octanol–water partition coefficient (Wildman–Crippen LogP) is 1.62. The molecule has 160 valence electrons. The molecule has 0 bridgehead atoms. The molecule has 3 rings (SSSR count). The zero-order chi connectivity index (χ0) is 20.6. The van der Waals surface area contributed by atoms with Gasteiger partial charge in [0.05, 0.1) is 13.1 Å². The molecule has 1 saturated heterocycles. The number of nitrogens with one attached hydrogen (secondary N) is 2. The minimum absolute atomic E-state index is 0.00262. The van der Waals surface area contributed by atoms with Gasteiger partial charge in [-0.1, -0.05) is 18.2 Å². The number of carbonyl (C=O) groups is 1. The van der Waals surface area contributed by atoms with Crippen LogP contribution in [0.15, 0.2) is 29.3 Å². The fraction of sp³-hybridized carbons (Fsp3) is 0.636. The Morgan fingerprint density at radius 1 is 1.24 bits per heavy atom. The first kappa shape index (κ1) is 21.4. The van der Waals surface area contributed by atoms with Crippen LogP contribution in [0, 0.1) is 6.92 Å². The van der Waals surface area contributed by atoms with Crippen LogP contribution in [0.25, 0.3) is 0 Å². The van der Waals surface area contributed by atoms with Crippen LogP contribution in [-0.2, 0) is 4.79 Å². The fourth-order valence-electron chi connectivity index (χ4n) is 3.41. The molecule has 1 aromatic rings. The monoisotopic (exact) mass is 401 g/mol. The molecular weight excluding hydrogens is 366 g/mol. The Bertz CT molecular complexity index is 696. The van der Waals surface area contributed by atoms with Gasteiger partial charge in [0.1, 0.15) is 11.9 Å². The zero-order valence-corrected chi connectivity index (χ0v) is 18.0. The van der Waals surface area contributed by atoms with Crippen LogP contribution >= 0.6 is 0 Å². The Hall–Kier alpha value is -2.28. The summed E-state index contributed by atoms with van der Waals surface area (Å²) < 4.78 is 6.05. The van der Waals surface area contributed by atoms with Gasteiger partial charge in [0.25, 0.3) is 0 Å². The van der Waals surface area contributed by atoms with E-state index in [1.54, 1.807) is 0 Å². The van der Waals surface area contributed by atoms with E-state index in [2.05, 4.69) is 47.3 Å². The number of amides is 1. The number of nitrogens with zero attached hydrogens (tertiary/aromatic N) is 3. The minimum Gasteiger partial charge on any atom is -0.489 e. The molecule has 2 aliphatic rings. The van der Waals surface area contributed by atoms with E-state index in [0.717, 1.165) is 62.8 Å². The van der Waals surface area contributed by atoms with Crippen LogP contribution < -0.4 is 15.4 Å². The Kier molecular flexibility index (Phi) is 7.75. The van der Waals surface area contributed by atoms with Crippen molar-refractivity contribution < 1.29 is 9.53 Å². The van der Waals surface area contributed by atoms with Crippen molar-refractivity contribution in [2.75, 3.05) is 45.8 Å². The number of aryl methyl sites for hydroxylation is 1. The first-order valence-electron chi connectivity index (χ1n) is 10.8. The minimum atomic E-state index is -0.00262. The smallest absolute Gasteiger partial charge is 0.234 e. The van der Waals surface area contributed by atoms with Gasteiger partial charge in [-0.2, -0.15) is 0 Å². The van der Waals surface area contributed by atoms with E-state index in [1.165, 1.54) is 0 Å². The molecule has 0 aromatic heterocycles. The van der Waals surface area contributed by atoms with Gasteiger partial charge in [0.2, 0.25) is 5.91 Å². The van der Waals surface area contributed by atoms with Crippen molar-refractivity contribution >= 4 is 11.9 Å². The summed E-state index contributed by atoms with van der Waals surface area (Å²) in [5.41, 5.74) is 1.14. The number of piperazine rings is 1. The third-order valence-corrected chi connectivity index (χ3v) is 5.24. The second-order valence-electron chi connectivity index (χ2n) is 7.99. The maximum absolute atomic E-state index is 12.0. The number of para-hydroxylation sites is 1. The lowest BCUT2D eigenvalue weighted by atomic mass is 10.2. The summed E-state index contributed by atoms with van der Waals surface area (Å²) in [5, 5.41) is 6.46. The summed E-state index contributed by atoms with van der Waals surface area (Å²) >= 11 is 0. The number of carbonyl (C=O) groups excluding carboxylic acids is 1. The van der Waals surface area contributed by atoms with Crippen LogP contribution in [0.2, 0.25) is 0 Å². The van der Waals surface area contributed by atoms with Crippen LogP contribution in [0.1, 0.15) is 32.3 Å². The number of guanidine groups is 1. The number of ether oxygens (including phenoxy) is 1. The van der Waals surface area contributed by atoms with Gasteiger partial charge in [0.15, 0.2) is 5.96 Å². The second-order valence-corrected chi connectivity index (χ2v) is 7.99. The first-order chi connectivity index (χ1) is 14.0. The van der Waals surface area contributed by atoms with Gasteiger partial charge in [0, 0.05) is 38.8 Å². The highest BCUT2D eigenvalue weighted by Crippen LogP contribution is 2.19. The Balaban J connectivity index is 1.47. The van der Waals surface area contributed by atoms with Gasteiger partial charge in [-0.05, 0) is 45.2 Å². The number of hydrogen-bond donors (Lipinski definition) is 2. The average molecular weight is 402 g/mol. The Labute approximate surface area is 174 Å². The van der Waals surface area contributed by atoms with Crippen LogP contribution in [0.5, 0.6) is 5.75 Å². The molecule has 0 spiro atoms. The largest absolute Gasteiger partial charge is 0.489 e. The summed E-state index contributed by atoms with van der Waals surface area (Å²) in [6, 6.07) is 8.50. The number of benzene rings is 1. The molecule has 2 N–H and O–H groups in total. The lowest BCUT2D eigenvalue weighted by molar-refractivity contribution is -0.122. The van der Waals surface area contributed by atoms with E-state index in [9.17, 15) is 4.79 Å². The third-order valence-electron chi connectivity index (χ3n) is 5.24. The van der Waals surface area contributed by atoms with Crippen molar-refractivity contribution in [3.63, 3.8) is 0 Å². The summed E-state index contributed by atoms with van der Waals surface area (Å²) in [6.45, 7) is 11.6. The van der Waals surface area contributed by atoms with E-state index in [0.29, 0.717) is 19.1 Å². The predicted molar refractivity (Wildman–Crippen MR) is 116 cm³/mol. The van der Waals surface area contributed by atoms with Gasteiger partial charge in [-0.15, -0.1) is 0 Å². The van der Waals surface area contributed by atoms with Gasteiger partial charge < -0.3 is 20.3 Å². The molecule has 29 heavy (non-hydrogen) atoms. The molecule has 1 unspecified atom stereocenters.